The number of anilines is 1. The fourth-order valence-electron chi connectivity index (χ4n) is 2.51. The second-order valence-electron chi connectivity index (χ2n) is 5.65. The van der Waals surface area contributed by atoms with Crippen molar-refractivity contribution in [2.24, 2.45) is 0 Å². The Hall–Kier alpha value is -3.36. The van der Waals surface area contributed by atoms with E-state index in [1.807, 2.05) is 0 Å². The number of benzene rings is 2. The number of hydrogen-bond donors (Lipinski definition) is 1. The van der Waals surface area contributed by atoms with Gasteiger partial charge in [0.1, 0.15) is 18.4 Å². The van der Waals surface area contributed by atoms with Crippen LogP contribution in [0.3, 0.4) is 0 Å². The van der Waals surface area contributed by atoms with Crippen LogP contribution in [-0.2, 0) is 17.4 Å². The zero-order valence-electron chi connectivity index (χ0n) is 14.2. The molecular formula is C18H15F3N4O2. The molecule has 1 aromatic heterocycles. The van der Waals surface area contributed by atoms with Gasteiger partial charge in [-0.15, -0.1) is 0 Å². The highest BCUT2D eigenvalue weighted by atomic mass is 19.4. The topological polar surface area (TPSA) is 69.0 Å². The number of methoxy groups -OCH3 is 1. The number of rotatable bonds is 5. The summed E-state index contributed by atoms with van der Waals surface area (Å²) in [5.41, 5.74) is 0.0619. The lowest BCUT2D eigenvalue weighted by Gasteiger charge is -2.14. The van der Waals surface area contributed by atoms with Crippen LogP contribution in [0.25, 0.3) is 5.69 Å². The standard InChI is InChI=1S/C18H15F3N4O2/c1-27-14-4-2-3-12(7-14)8-17(26)24-15-9-13(18(19,20)21)5-6-16(15)25-11-22-10-23-25/h2-7,9-11H,8H2,1H3,(H,24,26). The quantitative estimate of drug-likeness (QED) is 0.740. The minimum Gasteiger partial charge on any atom is -0.497 e. The van der Waals surface area contributed by atoms with Crippen LogP contribution >= 0.6 is 0 Å². The molecule has 2 aromatic carbocycles. The first-order valence-corrected chi connectivity index (χ1v) is 7.86. The van der Waals surface area contributed by atoms with E-state index in [0.29, 0.717) is 11.3 Å². The van der Waals surface area contributed by atoms with Gasteiger partial charge in [-0.3, -0.25) is 4.79 Å². The minimum atomic E-state index is -4.53. The van der Waals surface area contributed by atoms with Gasteiger partial charge in [0.2, 0.25) is 5.91 Å². The lowest BCUT2D eigenvalue weighted by Crippen LogP contribution is -2.17. The molecule has 1 heterocycles. The van der Waals surface area contributed by atoms with Crippen molar-refractivity contribution >= 4 is 11.6 Å². The monoisotopic (exact) mass is 376 g/mol. The molecular weight excluding hydrogens is 361 g/mol. The lowest BCUT2D eigenvalue weighted by atomic mass is 10.1. The summed E-state index contributed by atoms with van der Waals surface area (Å²) in [4.78, 5) is 16.2. The van der Waals surface area contributed by atoms with Crippen molar-refractivity contribution < 1.29 is 22.7 Å². The molecule has 27 heavy (non-hydrogen) atoms. The number of ether oxygens (including phenoxy) is 1. The summed E-state index contributed by atoms with van der Waals surface area (Å²) in [7, 11) is 1.51. The van der Waals surface area contributed by atoms with Crippen molar-refractivity contribution in [1.29, 1.82) is 0 Å². The fourth-order valence-corrected chi connectivity index (χ4v) is 2.51. The summed E-state index contributed by atoms with van der Waals surface area (Å²) in [6, 6.07) is 9.91. The summed E-state index contributed by atoms with van der Waals surface area (Å²) in [5.74, 6) is 0.117. The first-order valence-electron chi connectivity index (χ1n) is 7.86. The highest BCUT2D eigenvalue weighted by Crippen LogP contribution is 2.33. The molecule has 6 nitrogen and oxygen atoms in total. The van der Waals surface area contributed by atoms with Gasteiger partial charge in [-0.1, -0.05) is 12.1 Å². The maximum absolute atomic E-state index is 13.0. The van der Waals surface area contributed by atoms with Gasteiger partial charge in [0.05, 0.1) is 30.5 Å². The predicted molar refractivity (Wildman–Crippen MR) is 91.7 cm³/mol. The first kappa shape index (κ1) is 18.4. The number of amides is 1. The molecule has 0 radical (unpaired) electrons. The number of hydrogen-bond acceptors (Lipinski definition) is 4. The average Bonchev–Trinajstić information content (AvgIpc) is 3.15. The Labute approximate surface area is 152 Å². The molecule has 1 amide bonds. The zero-order valence-corrected chi connectivity index (χ0v) is 14.2. The van der Waals surface area contributed by atoms with Gasteiger partial charge in [0.25, 0.3) is 0 Å². The predicted octanol–water partition coefficient (Wildman–Crippen LogP) is 3.48. The number of carbonyl (C=O) groups excluding carboxylic acids is 1. The molecule has 140 valence electrons. The molecule has 0 saturated carbocycles. The Morgan fingerprint density at radius 2 is 2.04 bits per heavy atom. The summed E-state index contributed by atoms with van der Waals surface area (Å²) >= 11 is 0. The zero-order chi connectivity index (χ0) is 19.4. The third kappa shape index (κ3) is 4.43. The van der Waals surface area contributed by atoms with Gasteiger partial charge < -0.3 is 10.1 Å². The van der Waals surface area contributed by atoms with Crippen LogP contribution in [-0.4, -0.2) is 27.8 Å². The summed E-state index contributed by atoms with van der Waals surface area (Å²) < 4.78 is 45.5. The van der Waals surface area contributed by atoms with Crippen molar-refractivity contribution in [3.05, 3.63) is 66.2 Å². The van der Waals surface area contributed by atoms with Gasteiger partial charge in [-0.05, 0) is 35.9 Å². The SMILES string of the molecule is COc1cccc(CC(=O)Nc2cc(C(F)(F)F)ccc2-n2cncn2)c1. The van der Waals surface area contributed by atoms with E-state index in [1.165, 1.54) is 30.5 Å². The molecule has 0 aliphatic rings. The van der Waals surface area contributed by atoms with Crippen molar-refractivity contribution in [2.45, 2.75) is 12.6 Å². The third-order valence-corrected chi connectivity index (χ3v) is 3.76. The van der Waals surface area contributed by atoms with E-state index in [4.69, 9.17) is 4.74 Å². The Balaban J connectivity index is 1.88. The van der Waals surface area contributed by atoms with E-state index in [0.717, 1.165) is 12.1 Å². The maximum atomic E-state index is 13.0. The minimum absolute atomic E-state index is 0.0109. The molecule has 0 fully saturated rings. The smallest absolute Gasteiger partial charge is 0.416 e. The molecule has 9 heteroatoms. The molecule has 3 aromatic rings. The molecule has 0 bridgehead atoms. The Morgan fingerprint density at radius 3 is 2.70 bits per heavy atom. The molecule has 1 N–H and O–H groups in total. The molecule has 0 saturated heterocycles. The van der Waals surface area contributed by atoms with Crippen molar-refractivity contribution in [3.8, 4) is 11.4 Å². The van der Waals surface area contributed by atoms with Crippen LogP contribution in [0.5, 0.6) is 5.75 Å². The number of carbonyl (C=O) groups is 1. The number of aromatic nitrogens is 3. The summed E-state index contributed by atoms with van der Waals surface area (Å²) in [6.07, 6.45) is -1.97. The molecule has 3 rings (SSSR count). The highest BCUT2D eigenvalue weighted by Gasteiger charge is 2.31. The van der Waals surface area contributed by atoms with E-state index in [9.17, 15) is 18.0 Å². The Morgan fingerprint density at radius 1 is 1.22 bits per heavy atom. The van der Waals surface area contributed by atoms with Crippen LogP contribution in [0.1, 0.15) is 11.1 Å². The van der Waals surface area contributed by atoms with E-state index < -0.39 is 17.6 Å². The van der Waals surface area contributed by atoms with E-state index >= 15 is 0 Å². The van der Waals surface area contributed by atoms with E-state index in [1.54, 1.807) is 24.3 Å². The van der Waals surface area contributed by atoms with Gasteiger partial charge in [0, 0.05) is 0 Å². The van der Waals surface area contributed by atoms with E-state index in [2.05, 4.69) is 15.4 Å². The van der Waals surface area contributed by atoms with Crippen LogP contribution in [0.15, 0.2) is 55.1 Å². The van der Waals surface area contributed by atoms with Gasteiger partial charge in [-0.25, -0.2) is 9.67 Å². The number of alkyl halides is 3. The highest BCUT2D eigenvalue weighted by molar-refractivity contribution is 5.94. The number of nitrogens with one attached hydrogen (secondary N) is 1. The van der Waals surface area contributed by atoms with Crippen molar-refractivity contribution in [3.63, 3.8) is 0 Å². The van der Waals surface area contributed by atoms with Gasteiger partial charge >= 0.3 is 6.18 Å². The van der Waals surface area contributed by atoms with E-state index in [-0.39, 0.29) is 17.8 Å². The van der Waals surface area contributed by atoms with Gasteiger partial charge in [-0.2, -0.15) is 18.3 Å². The van der Waals surface area contributed by atoms with Crippen LogP contribution in [0.2, 0.25) is 0 Å². The molecule has 0 atom stereocenters. The largest absolute Gasteiger partial charge is 0.497 e. The van der Waals surface area contributed by atoms with Crippen LogP contribution < -0.4 is 10.1 Å². The van der Waals surface area contributed by atoms with Crippen molar-refractivity contribution in [2.75, 3.05) is 12.4 Å². The molecule has 0 aliphatic heterocycles. The maximum Gasteiger partial charge on any atom is 0.416 e. The first-order chi connectivity index (χ1) is 12.9. The Bertz CT molecular complexity index is 940. The molecule has 0 unspecified atom stereocenters. The number of nitrogens with zero attached hydrogens (tertiary/aromatic N) is 3. The van der Waals surface area contributed by atoms with Crippen LogP contribution in [0, 0.1) is 0 Å². The number of halogens is 3. The molecule has 0 spiro atoms. The summed E-state index contributed by atoms with van der Waals surface area (Å²) in [6.45, 7) is 0. The third-order valence-electron chi connectivity index (χ3n) is 3.76. The van der Waals surface area contributed by atoms with Gasteiger partial charge in [0.15, 0.2) is 0 Å². The lowest BCUT2D eigenvalue weighted by molar-refractivity contribution is -0.137. The Kier molecular flexibility index (Phi) is 5.11. The second-order valence-corrected chi connectivity index (χ2v) is 5.65. The summed E-state index contributed by atoms with van der Waals surface area (Å²) in [5, 5.41) is 6.44. The molecule has 0 aliphatic carbocycles. The second kappa shape index (κ2) is 7.48. The van der Waals surface area contributed by atoms with Crippen molar-refractivity contribution in [1.82, 2.24) is 14.8 Å². The normalized spacial score (nSPS) is 11.3. The fraction of sp³-hybridized carbons (Fsp3) is 0.167. The average molecular weight is 376 g/mol. The van der Waals surface area contributed by atoms with Crippen LogP contribution in [0.4, 0.5) is 18.9 Å².